The number of benzene rings is 3. The molecule has 0 aromatic heterocycles. The molecule has 11 atom stereocenters. The quantitative estimate of drug-likeness (QED) is 0.0137. The number of unbranched alkanes of at least 4 members (excludes halogenated alkanes) is 1. The van der Waals surface area contributed by atoms with E-state index in [1.165, 1.54) is 6.92 Å². The summed E-state index contributed by atoms with van der Waals surface area (Å²) in [4.78, 5) is 58.1. The van der Waals surface area contributed by atoms with E-state index in [4.69, 9.17) is 50.1 Å². The van der Waals surface area contributed by atoms with Crippen LogP contribution in [0, 0.1) is 17.8 Å². The van der Waals surface area contributed by atoms with E-state index in [9.17, 15) is 49.5 Å². The van der Waals surface area contributed by atoms with Crippen LogP contribution in [0.1, 0.15) is 68.6 Å². The lowest BCUT2D eigenvalue weighted by Gasteiger charge is -2.29. The molecule has 5 N–H and O–H groups in total. The Labute approximate surface area is 551 Å². The SMILES string of the molecule is C=C(C)C(=O)OCCC(O)C(O)CCOC1=CC2OC(=O)C(c3ccccc3)=CC2C=C1.C=CC(=O)OCCC(O)C(O)CCOC1=CC2OC(=O)C(c3ccccc3)=CC2C=C1.C=CC(=O)OCCCCC(O)COC1=CC2SC(=S)C(c3ccccc3)=CC2C=C1. The molecule has 11 unspecified atom stereocenters. The minimum atomic E-state index is -1.04. The number of aliphatic hydroxyl groups excluding tert-OH is 5. The molecular formula is C73H80O18S2. The first-order valence-electron chi connectivity index (χ1n) is 30.7. The van der Waals surface area contributed by atoms with E-state index in [0.717, 1.165) is 50.8 Å². The molecule has 0 saturated heterocycles. The Morgan fingerprint density at radius 2 is 0.935 bits per heavy atom. The highest BCUT2D eigenvalue weighted by Crippen LogP contribution is 2.41. The number of ether oxygens (including phenoxy) is 8. The largest absolute Gasteiger partial charge is 0.494 e. The molecule has 18 nitrogen and oxygen atoms in total. The number of thiocarbonyl (C=S) groups is 1. The average molecular weight is 1310 g/mol. The van der Waals surface area contributed by atoms with Crippen molar-refractivity contribution in [1.82, 2.24) is 0 Å². The number of esters is 5. The maximum Gasteiger partial charge on any atom is 0.339 e. The lowest BCUT2D eigenvalue weighted by molar-refractivity contribution is -0.142. The lowest BCUT2D eigenvalue weighted by atomic mass is 9.90. The first-order chi connectivity index (χ1) is 44.9. The summed E-state index contributed by atoms with van der Waals surface area (Å²) >= 11 is 7.32. The first kappa shape index (κ1) is 72.0. The van der Waals surface area contributed by atoms with Gasteiger partial charge in [-0.25, -0.2) is 24.0 Å². The summed E-state index contributed by atoms with van der Waals surface area (Å²) in [5.41, 5.74) is 5.26. The van der Waals surface area contributed by atoms with Crippen LogP contribution in [-0.2, 0) is 61.9 Å². The topological polar surface area (TPSA) is 260 Å². The van der Waals surface area contributed by atoms with Gasteiger partial charge in [0.2, 0.25) is 0 Å². The van der Waals surface area contributed by atoms with Gasteiger partial charge in [-0.05, 0) is 79.3 Å². The van der Waals surface area contributed by atoms with Crippen molar-refractivity contribution >= 4 is 74.7 Å². The van der Waals surface area contributed by atoms with E-state index >= 15 is 0 Å². The Bertz CT molecular complexity index is 3380. The van der Waals surface area contributed by atoms with Crippen LogP contribution >= 0.6 is 24.0 Å². The molecule has 0 fully saturated rings. The second-order valence-electron chi connectivity index (χ2n) is 22.2. The Morgan fingerprint density at radius 1 is 0.527 bits per heavy atom. The van der Waals surface area contributed by atoms with Crippen LogP contribution in [0.4, 0.5) is 0 Å². The Balaban J connectivity index is 0.000000198. The molecule has 9 rings (SSSR count). The number of carbonyl (C=O) groups excluding carboxylic acids is 5. The number of rotatable bonds is 30. The predicted octanol–water partition coefficient (Wildman–Crippen LogP) is 9.88. The Hall–Kier alpha value is -8.47. The summed E-state index contributed by atoms with van der Waals surface area (Å²) in [6.45, 7) is 12.5. The zero-order chi connectivity index (χ0) is 66.7. The van der Waals surface area contributed by atoms with Crippen molar-refractivity contribution in [1.29, 1.82) is 0 Å². The van der Waals surface area contributed by atoms with Gasteiger partial charge in [-0.15, -0.1) is 11.8 Å². The molecular weight excluding hydrogens is 1230 g/mol. The van der Waals surface area contributed by atoms with Gasteiger partial charge >= 0.3 is 29.8 Å². The third kappa shape index (κ3) is 23.0. The summed E-state index contributed by atoms with van der Waals surface area (Å²) in [5.74, 6) is -0.334. The summed E-state index contributed by atoms with van der Waals surface area (Å²) in [5, 5.41) is 50.4. The van der Waals surface area contributed by atoms with E-state index < -0.39 is 60.6 Å². The van der Waals surface area contributed by atoms with Crippen molar-refractivity contribution in [2.45, 2.75) is 99.8 Å². The van der Waals surface area contributed by atoms with Gasteiger partial charge in [-0.1, -0.05) is 159 Å². The number of thioether (sulfide) groups is 1. The van der Waals surface area contributed by atoms with Crippen LogP contribution in [0.2, 0.25) is 0 Å². The highest BCUT2D eigenvalue weighted by Gasteiger charge is 2.34. The van der Waals surface area contributed by atoms with E-state index in [2.05, 4.69) is 50.1 Å². The first-order valence-corrected chi connectivity index (χ1v) is 32.0. The van der Waals surface area contributed by atoms with Gasteiger partial charge in [0.05, 0.1) is 78.9 Å². The number of hydrogen-bond donors (Lipinski definition) is 5. The zero-order valence-electron chi connectivity index (χ0n) is 51.8. The molecule has 3 aliphatic heterocycles. The third-order valence-corrected chi connectivity index (χ3v) is 16.8. The normalized spacial score (nSPS) is 21.4. The fourth-order valence-electron chi connectivity index (χ4n) is 9.94. The standard InChI is InChI=1S/C25H28O7.C24H26O7.C24H26O4S2/c1-16(2)24(28)31-13-11-22(27)21(26)10-12-30-19-9-8-18-14-20(17-6-4-3-5-7-17)25(29)32-23(18)15-19;1-2-23(27)30-13-11-21(26)20(25)10-12-29-18-9-8-17-14-19(16-6-4-3-5-7-16)24(28)31-22(17)15-18;1-2-23(26)27-13-7-6-10-19(25)16-28-20-12-11-18-14-21(17-8-4-3-5-9-17)24(29)30-22(18)15-20/h3-9,14-15,18,21-23,26-27H,1,10-13H2,2H3;2-9,14-15,17,20-22,25-26H,1,10-13H2;2-5,8-9,11-12,14-15,18-19,22,25H,1,6-7,10,13,16H2. The van der Waals surface area contributed by atoms with Gasteiger partial charge in [0, 0.05) is 72.0 Å². The van der Waals surface area contributed by atoms with Gasteiger partial charge in [-0.3, -0.25) is 0 Å². The average Bonchev–Trinajstić information content (AvgIpc) is 0.856. The Kier molecular flexibility index (Phi) is 28.9. The van der Waals surface area contributed by atoms with Crippen molar-refractivity contribution < 1.29 is 87.4 Å². The maximum atomic E-state index is 12.4. The van der Waals surface area contributed by atoms with E-state index in [1.54, 1.807) is 36.1 Å². The van der Waals surface area contributed by atoms with Crippen molar-refractivity contribution in [2.24, 2.45) is 17.8 Å². The molecule has 0 bridgehead atoms. The fourth-order valence-corrected chi connectivity index (χ4v) is 11.5. The molecule has 3 aromatic carbocycles. The van der Waals surface area contributed by atoms with Crippen molar-refractivity contribution in [3.8, 4) is 0 Å². The summed E-state index contributed by atoms with van der Waals surface area (Å²) in [6, 6.07) is 29.0. The van der Waals surface area contributed by atoms with Gasteiger partial charge < -0.3 is 63.4 Å². The second-order valence-corrected chi connectivity index (χ2v) is 24.1. The lowest BCUT2D eigenvalue weighted by Crippen LogP contribution is -2.31. The van der Waals surface area contributed by atoms with Crippen molar-refractivity contribution in [3.63, 3.8) is 0 Å². The minimum absolute atomic E-state index is 0.00834. The molecule has 3 aliphatic carbocycles. The number of fused-ring (bicyclic) bond motifs is 3. The smallest absolute Gasteiger partial charge is 0.339 e. The molecule has 0 amide bonds. The number of aliphatic hydroxyl groups is 5. The predicted molar refractivity (Wildman–Crippen MR) is 357 cm³/mol. The Morgan fingerprint density at radius 3 is 1.40 bits per heavy atom. The zero-order valence-corrected chi connectivity index (χ0v) is 53.4. The van der Waals surface area contributed by atoms with Gasteiger partial charge in [0.1, 0.15) is 36.1 Å². The molecule has 0 saturated carbocycles. The molecule has 492 valence electrons. The van der Waals surface area contributed by atoms with Crippen molar-refractivity contribution in [2.75, 3.05) is 39.6 Å². The fraction of sp³-hybridized carbons (Fsp3) is 0.342. The van der Waals surface area contributed by atoms with Gasteiger partial charge in [0.25, 0.3) is 0 Å². The molecule has 20 heteroatoms. The van der Waals surface area contributed by atoms with Crippen LogP contribution in [0.3, 0.4) is 0 Å². The summed E-state index contributed by atoms with van der Waals surface area (Å²) in [7, 11) is 0. The van der Waals surface area contributed by atoms with E-state index in [0.29, 0.717) is 42.1 Å². The second kappa shape index (κ2) is 37.3. The van der Waals surface area contributed by atoms with Gasteiger partial charge in [-0.2, -0.15) is 0 Å². The molecule has 0 spiro atoms. The van der Waals surface area contributed by atoms with Crippen LogP contribution in [0.25, 0.3) is 16.7 Å². The van der Waals surface area contributed by atoms with E-state index in [-0.39, 0.29) is 99.2 Å². The number of hydrogen-bond acceptors (Lipinski definition) is 20. The molecule has 93 heavy (non-hydrogen) atoms. The number of carbonyl (C=O) groups is 5. The maximum absolute atomic E-state index is 12.4. The minimum Gasteiger partial charge on any atom is -0.494 e. The molecule has 0 radical (unpaired) electrons. The summed E-state index contributed by atoms with van der Waals surface area (Å²) in [6.07, 6.45) is 22.4. The molecule has 3 aromatic rings. The van der Waals surface area contributed by atoms with Gasteiger partial charge in [0.15, 0.2) is 0 Å². The van der Waals surface area contributed by atoms with Crippen LogP contribution < -0.4 is 0 Å². The van der Waals surface area contributed by atoms with Crippen LogP contribution in [0.15, 0.2) is 219 Å². The molecule has 3 heterocycles. The monoisotopic (exact) mass is 1310 g/mol. The molecule has 6 aliphatic rings. The summed E-state index contributed by atoms with van der Waals surface area (Å²) < 4.78 is 43.8. The van der Waals surface area contributed by atoms with Crippen molar-refractivity contribution in [3.05, 3.63) is 235 Å². The number of allylic oxidation sites excluding steroid dienone is 5. The highest BCUT2D eigenvalue weighted by molar-refractivity contribution is 8.25. The van der Waals surface area contributed by atoms with Crippen LogP contribution in [0.5, 0.6) is 0 Å². The van der Waals surface area contributed by atoms with Crippen LogP contribution in [-0.4, -0.2) is 147 Å². The third-order valence-electron chi connectivity index (χ3n) is 15.2. The highest BCUT2D eigenvalue weighted by atomic mass is 32.2. The van der Waals surface area contributed by atoms with E-state index in [1.807, 2.05) is 109 Å².